The number of nitrogens with zero attached hydrogens (tertiary/aromatic N) is 1. The lowest BCUT2D eigenvalue weighted by molar-refractivity contribution is -0.149. The molecular weight excluding hydrogens is 282 g/mol. The van der Waals surface area contributed by atoms with Crippen molar-refractivity contribution in [3.8, 4) is 0 Å². The highest BCUT2D eigenvalue weighted by Crippen LogP contribution is 2.20. The zero-order chi connectivity index (χ0) is 15.0. The normalized spacial score (nSPS) is 18.1. The molecule has 0 atom stereocenters. The minimum absolute atomic E-state index is 0.175. The van der Waals surface area contributed by atoms with E-state index in [2.05, 4.69) is 10.0 Å². The maximum Gasteiger partial charge on any atom is 0.309 e. The van der Waals surface area contributed by atoms with E-state index in [-0.39, 0.29) is 11.9 Å². The van der Waals surface area contributed by atoms with Crippen molar-refractivity contribution in [1.82, 2.24) is 14.3 Å². The van der Waals surface area contributed by atoms with Gasteiger partial charge in [0.25, 0.3) is 10.2 Å². The molecule has 7 nitrogen and oxygen atoms in total. The van der Waals surface area contributed by atoms with Crippen LogP contribution in [0.2, 0.25) is 0 Å². The van der Waals surface area contributed by atoms with Gasteiger partial charge < -0.3 is 10.1 Å². The van der Waals surface area contributed by atoms with Crippen LogP contribution < -0.4 is 10.0 Å². The van der Waals surface area contributed by atoms with Crippen molar-refractivity contribution in [3.63, 3.8) is 0 Å². The van der Waals surface area contributed by atoms with Crippen molar-refractivity contribution in [2.75, 3.05) is 39.8 Å². The van der Waals surface area contributed by atoms with Gasteiger partial charge in [0.2, 0.25) is 0 Å². The van der Waals surface area contributed by atoms with E-state index in [1.54, 1.807) is 6.92 Å². The third-order valence-electron chi connectivity index (χ3n) is 3.30. The summed E-state index contributed by atoms with van der Waals surface area (Å²) in [6.07, 6.45) is 1.79. The number of nitrogens with one attached hydrogen (secondary N) is 2. The SMILES string of the molecule is CCOC(=O)C1CCN(S(=O)(=O)NCCCNC)CC1. The molecule has 0 amide bonds. The minimum Gasteiger partial charge on any atom is -0.466 e. The molecule has 0 aliphatic carbocycles. The molecule has 1 aliphatic rings. The molecule has 0 spiro atoms. The summed E-state index contributed by atoms with van der Waals surface area (Å²) >= 11 is 0. The third-order valence-corrected chi connectivity index (χ3v) is 4.92. The first-order valence-corrected chi connectivity index (χ1v) is 8.51. The van der Waals surface area contributed by atoms with E-state index < -0.39 is 10.2 Å². The van der Waals surface area contributed by atoms with Crippen molar-refractivity contribution in [3.05, 3.63) is 0 Å². The molecule has 1 saturated heterocycles. The first-order chi connectivity index (χ1) is 9.51. The molecule has 1 aliphatic heterocycles. The highest BCUT2D eigenvalue weighted by Gasteiger charge is 2.31. The lowest BCUT2D eigenvalue weighted by Gasteiger charge is -2.30. The second kappa shape index (κ2) is 8.56. The van der Waals surface area contributed by atoms with E-state index in [0.717, 1.165) is 13.0 Å². The van der Waals surface area contributed by atoms with Crippen molar-refractivity contribution in [2.24, 2.45) is 5.92 Å². The van der Waals surface area contributed by atoms with Crippen LogP contribution in [0.4, 0.5) is 0 Å². The van der Waals surface area contributed by atoms with Crippen molar-refractivity contribution in [1.29, 1.82) is 0 Å². The van der Waals surface area contributed by atoms with Gasteiger partial charge in [-0.1, -0.05) is 0 Å². The molecule has 8 heteroatoms. The Morgan fingerprint density at radius 1 is 1.30 bits per heavy atom. The quantitative estimate of drug-likeness (QED) is 0.475. The number of ether oxygens (including phenoxy) is 1. The van der Waals surface area contributed by atoms with Crippen molar-refractivity contribution in [2.45, 2.75) is 26.2 Å². The Kier molecular flexibility index (Phi) is 7.42. The van der Waals surface area contributed by atoms with E-state index >= 15 is 0 Å². The van der Waals surface area contributed by atoms with Crippen LogP contribution in [0.3, 0.4) is 0 Å². The Balaban J connectivity index is 2.37. The number of esters is 1. The molecule has 118 valence electrons. The number of carbonyl (C=O) groups excluding carboxylic acids is 1. The molecule has 0 bridgehead atoms. The Morgan fingerprint density at radius 3 is 2.50 bits per heavy atom. The summed E-state index contributed by atoms with van der Waals surface area (Å²) in [7, 11) is -1.59. The number of piperidine rings is 1. The van der Waals surface area contributed by atoms with Crippen molar-refractivity contribution >= 4 is 16.2 Å². The fourth-order valence-corrected chi connectivity index (χ4v) is 3.43. The molecule has 0 unspecified atom stereocenters. The number of hydrogen-bond donors (Lipinski definition) is 2. The summed E-state index contributed by atoms with van der Waals surface area (Å²) in [4.78, 5) is 11.6. The Hall–Kier alpha value is -0.700. The largest absolute Gasteiger partial charge is 0.466 e. The first kappa shape index (κ1) is 17.4. The topological polar surface area (TPSA) is 87.7 Å². The maximum atomic E-state index is 12.0. The first-order valence-electron chi connectivity index (χ1n) is 7.07. The molecule has 0 saturated carbocycles. The Labute approximate surface area is 121 Å². The summed E-state index contributed by atoms with van der Waals surface area (Å²) < 4.78 is 33.0. The maximum absolute atomic E-state index is 12.0. The van der Waals surface area contributed by atoms with E-state index in [0.29, 0.717) is 39.1 Å². The van der Waals surface area contributed by atoms with Gasteiger partial charge in [-0.25, -0.2) is 4.72 Å². The average molecular weight is 307 g/mol. The molecular formula is C12H25N3O4S. The van der Waals surface area contributed by atoms with Gasteiger partial charge in [0.05, 0.1) is 12.5 Å². The fourth-order valence-electron chi connectivity index (χ4n) is 2.15. The number of carbonyl (C=O) groups is 1. The molecule has 0 aromatic carbocycles. The number of hydrogen-bond acceptors (Lipinski definition) is 5. The molecule has 20 heavy (non-hydrogen) atoms. The summed E-state index contributed by atoms with van der Waals surface area (Å²) in [5.41, 5.74) is 0. The van der Waals surface area contributed by atoms with Crippen molar-refractivity contribution < 1.29 is 17.9 Å². The van der Waals surface area contributed by atoms with Crippen LogP contribution in [0.1, 0.15) is 26.2 Å². The molecule has 1 heterocycles. The number of rotatable bonds is 8. The van der Waals surface area contributed by atoms with E-state index in [4.69, 9.17) is 4.74 Å². The third kappa shape index (κ3) is 5.35. The summed E-state index contributed by atoms with van der Waals surface area (Å²) in [6, 6.07) is 0. The highest BCUT2D eigenvalue weighted by atomic mass is 32.2. The zero-order valence-electron chi connectivity index (χ0n) is 12.2. The fraction of sp³-hybridized carbons (Fsp3) is 0.917. The second-order valence-electron chi connectivity index (χ2n) is 4.78. The zero-order valence-corrected chi connectivity index (χ0v) is 13.0. The molecule has 0 aromatic heterocycles. The summed E-state index contributed by atoms with van der Waals surface area (Å²) in [5, 5.41) is 2.96. The predicted octanol–water partition coefficient (Wildman–Crippen LogP) is -0.295. The predicted molar refractivity (Wildman–Crippen MR) is 76.4 cm³/mol. The van der Waals surface area contributed by atoms with Gasteiger partial charge in [0.1, 0.15) is 0 Å². The van der Waals surface area contributed by atoms with E-state index in [1.807, 2.05) is 7.05 Å². The van der Waals surface area contributed by atoms with Crippen LogP contribution in [0.15, 0.2) is 0 Å². The Morgan fingerprint density at radius 2 is 1.95 bits per heavy atom. The lowest BCUT2D eigenvalue weighted by Crippen LogP contribution is -2.46. The van der Waals surface area contributed by atoms with Gasteiger partial charge in [0, 0.05) is 19.6 Å². The molecule has 0 aromatic rings. The molecule has 2 N–H and O–H groups in total. The monoisotopic (exact) mass is 307 g/mol. The lowest BCUT2D eigenvalue weighted by atomic mass is 9.98. The minimum atomic E-state index is -3.42. The van der Waals surface area contributed by atoms with Crippen LogP contribution in [0.5, 0.6) is 0 Å². The van der Waals surface area contributed by atoms with Crippen LogP contribution in [-0.4, -0.2) is 58.5 Å². The Bertz CT molecular complexity index is 392. The molecule has 0 radical (unpaired) electrons. The molecule has 1 fully saturated rings. The average Bonchev–Trinajstić information content (AvgIpc) is 2.44. The van der Waals surface area contributed by atoms with Gasteiger partial charge in [-0.05, 0) is 39.8 Å². The van der Waals surface area contributed by atoms with Crippen LogP contribution in [0, 0.1) is 5.92 Å². The standard InChI is InChI=1S/C12H25N3O4S/c1-3-19-12(16)11-5-9-15(10-6-11)20(17,18)14-8-4-7-13-2/h11,13-14H,3-10H2,1-2H3. The van der Waals surface area contributed by atoms with Crippen LogP contribution >= 0.6 is 0 Å². The van der Waals surface area contributed by atoms with Gasteiger partial charge in [-0.15, -0.1) is 0 Å². The smallest absolute Gasteiger partial charge is 0.309 e. The summed E-state index contributed by atoms with van der Waals surface area (Å²) in [6.45, 7) is 4.06. The van der Waals surface area contributed by atoms with Crippen LogP contribution in [-0.2, 0) is 19.7 Å². The molecule has 1 rings (SSSR count). The van der Waals surface area contributed by atoms with Crippen LogP contribution in [0.25, 0.3) is 0 Å². The van der Waals surface area contributed by atoms with Gasteiger partial charge >= 0.3 is 5.97 Å². The summed E-state index contributed by atoms with van der Waals surface area (Å²) in [5.74, 6) is -0.391. The van der Waals surface area contributed by atoms with Gasteiger partial charge in [-0.3, -0.25) is 4.79 Å². The van der Waals surface area contributed by atoms with E-state index in [1.165, 1.54) is 4.31 Å². The van der Waals surface area contributed by atoms with Gasteiger partial charge in [-0.2, -0.15) is 12.7 Å². The second-order valence-corrected chi connectivity index (χ2v) is 6.54. The highest BCUT2D eigenvalue weighted by molar-refractivity contribution is 7.87. The van der Waals surface area contributed by atoms with E-state index in [9.17, 15) is 13.2 Å². The van der Waals surface area contributed by atoms with Gasteiger partial charge in [0.15, 0.2) is 0 Å².